The minimum Gasteiger partial charge on any atom is -0.478 e. The number of benzene rings is 2. The Balaban J connectivity index is 1.30. The number of cyclic esters (lactones) is 1. The van der Waals surface area contributed by atoms with Crippen molar-refractivity contribution in [3.8, 4) is 0 Å². The van der Waals surface area contributed by atoms with Gasteiger partial charge >= 0.3 is 24.3 Å². The van der Waals surface area contributed by atoms with Crippen molar-refractivity contribution < 1.29 is 47.3 Å². The van der Waals surface area contributed by atoms with Gasteiger partial charge in [0, 0.05) is 19.3 Å². The van der Waals surface area contributed by atoms with E-state index in [-0.39, 0.29) is 37.3 Å². The Labute approximate surface area is 254 Å². The second kappa shape index (κ2) is 11.2. The maximum atomic E-state index is 13.9. The number of nitrogens with one attached hydrogen (secondary N) is 1. The number of aromatic carboxylic acids is 1. The van der Waals surface area contributed by atoms with Crippen LogP contribution in [0.2, 0.25) is 0 Å². The summed E-state index contributed by atoms with van der Waals surface area (Å²) in [6.07, 6.45) is -5.15. The predicted octanol–water partition coefficient (Wildman–Crippen LogP) is 4.48. The number of rotatable bonds is 8. The number of aromatic nitrogens is 1. The van der Waals surface area contributed by atoms with Gasteiger partial charge in [-0.25, -0.2) is 14.4 Å². The number of carbonyl (C=O) groups is 4. The molecule has 1 saturated carbocycles. The van der Waals surface area contributed by atoms with E-state index in [9.17, 15) is 42.6 Å². The molecule has 3 atom stereocenters. The topological polar surface area (TPSA) is 141 Å². The Kier molecular flexibility index (Phi) is 7.45. The van der Waals surface area contributed by atoms with Crippen LogP contribution in [-0.2, 0) is 34.2 Å². The fraction of sp³-hybridized carbons (Fsp3) is 0.355. The smallest absolute Gasteiger partial charge is 0.416 e. The quantitative estimate of drug-likeness (QED) is 0.335. The zero-order valence-corrected chi connectivity index (χ0v) is 23.7. The molecule has 14 heteroatoms. The standard InChI is InChI=1S/C31H29F3N4O7/c32-31(33,34)20-8-4-7-19(16-20)30(10-11-30)38-17-23(45-29(38)44)22(15-18-5-2-1-3-6-18)35-26(39)25-24-21(27(40)41)9-12-36(24)13-14-37(25)28(42)43/h1-9,12,16,22-23,25H,10-11,13-15,17H2,(H,35,39)(H,40,41)(H,42,43)/t22-,23+,25?/m0/s1. The largest absolute Gasteiger partial charge is 0.478 e. The molecule has 2 fully saturated rings. The van der Waals surface area contributed by atoms with Crippen molar-refractivity contribution >= 4 is 24.1 Å². The van der Waals surface area contributed by atoms with Crippen LogP contribution in [0.5, 0.6) is 0 Å². The minimum atomic E-state index is -4.56. The second-order valence-electron chi connectivity index (χ2n) is 11.4. The van der Waals surface area contributed by atoms with E-state index in [4.69, 9.17) is 4.74 Å². The van der Waals surface area contributed by atoms with Gasteiger partial charge in [-0.2, -0.15) is 13.2 Å². The average Bonchev–Trinajstić information content (AvgIpc) is 3.53. The molecule has 3 amide bonds. The Hall–Kier alpha value is -5.01. The van der Waals surface area contributed by atoms with Gasteiger partial charge in [0.2, 0.25) is 5.91 Å². The van der Waals surface area contributed by atoms with E-state index in [2.05, 4.69) is 5.32 Å². The van der Waals surface area contributed by atoms with Gasteiger partial charge < -0.3 is 24.8 Å². The molecular weight excluding hydrogens is 597 g/mol. The maximum Gasteiger partial charge on any atom is 0.416 e. The van der Waals surface area contributed by atoms with E-state index in [0.717, 1.165) is 22.6 Å². The van der Waals surface area contributed by atoms with Gasteiger partial charge in [0.25, 0.3) is 0 Å². The first-order valence-corrected chi connectivity index (χ1v) is 14.3. The SMILES string of the molecule is O=C(O)c1ccn2c1C(C(=O)N[C@@H](Cc1ccccc1)[C@H]1CN(C3(c4cccc(C(F)(F)F)c4)CC3)C(=O)O1)N(C(=O)O)CC2. The number of nitrogens with zero attached hydrogens (tertiary/aromatic N) is 3. The highest BCUT2D eigenvalue weighted by molar-refractivity contribution is 5.94. The van der Waals surface area contributed by atoms with E-state index in [1.54, 1.807) is 36.4 Å². The summed E-state index contributed by atoms with van der Waals surface area (Å²) in [5.41, 5.74) is -0.917. The van der Waals surface area contributed by atoms with E-state index in [0.29, 0.717) is 18.4 Å². The van der Waals surface area contributed by atoms with Crippen LogP contribution in [0.3, 0.4) is 0 Å². The molecule has 1 saturated heterocycles. The third-order valence-corrected chi connectivity index (χ3v) is 8.76. The summed E-state index contributed by atoms with van der Waals surface area (Å²) in [6.45, 7) is 0.0408. The first kappa shape index (κ1) is 30.0. The third kappa shape index (κ3) is 5.56. The fourth-order valence-corrected chi connectivity index (χ4v) is 6.40. The van der Waals surface area contributed by atoms with Crippen LogP contribution in [0.15, 0.2) is 66.9 Å². The highest BCUT2D eigenvalue weighted by atomic mass is 19.4. The molecule has 6 rings (SSSR count). The lowest BCUT2D eigenvalue weighted by Gasteiger charge is -2.36. The van der Waals surface area contributed by atoms with Crippen LogP contribution in [0.25, 0.3) is 0 Å². The van der Waals surface area contributed by atoms with Crippen molar-refractivity contribution in [2.75, 3.05) is 13.1 Å². The maximum absolute atomic E-state index is 13.9. The number of alkyl halides is 3. The predicted molar refractivity (Wildman–Crippen MR) is 150 cm³/mol. The van der Waals surface area contributed by atoms with Gasteiger partial charge in [0.1, 0.15) is 6.10 Å². The van der Waals surface area contributed by atoms with Crippen molar-refractivity contribution in [2.24, 2.45) is 0 Å². The summed E-state index contributed by atoms with van der Waals surface area (Å²) in [6, 6.07) is 12.8. The zero-order valence-electron chi connectivity index (χ0n) is 23.7. The molecule has 3 aliphatic rings. The zero-order chi connectivity index (χ0) is 32.1. The molecule has 3 N–H and O–H groups in total. The second-order valence-corrected chi connectivity index (χ2v) is 11.4. The lowest BCUT2D eigenvalue weighted by molar-refractivity contribution is -0.137. The van der Waals surface area contributed by atoms with Crippen molar-refractivity contribution in [3.05, 3.63) is 94.8 Å². The Morgan fingerprint density at radius 3 is 2.40 bits per heavy atom. The lowest BCUT2D eigenvalue weighted by atomic mass is 9.97. The highest BCUT2D eigenvalue weighted by Gasteiger charge is 2.57. The van der Waals surface area contributed by atoms with Crippen LogP contribution in [0.4, 0.5) is 22.8 Å². The number of carbonyl (C=O) groups excluding carboxylic acids is 2. The molecule has 2 aliphatic heterocycles. The van der Waals surface area contributed by atoms with Crippen LogP contribution in [-0.4, -0.2) is 73.9 Å². The number of amides is 3. The van der Waals surface area contributed by atoms with E-state index in [1.807, 2.05) is 0 Å². The Morgan fingerprint density at radius 1 is 1.02 bits per heavy atom. The molecule has 1 aliphatic carbocycles. The monoisotopic (exact) mass is 626 g/mol. The van der Waals surface area contributed by atoms with Crippen LogP contribution in [0, 0.1) is 0 Å². The summed E-state index contributed by atoms with van der Waals surface area (Å²) in [4.78, 5) is 53.7. The molecule has 45 heavy (non-hydrogen) atoms. The fourth-order valence-electron chi connectivity index (χ4n) is 6.40. The summed E-state index contributed by atoms with van der Waals surface area (Å²) in [5.74, 6) is -2.12. The summed E-state index contributed by atoms with van der Waals surface area (Å²) in [5, 5.41) is 22.5. The molecular formula is C31H29F3N4O7. The first-order chi connectivity index (χ1) is 21.4. The number of carboxylic acids is 1. The minimum absolute atomic E-state index is 0.0126. The Bertz CT molecular complexity index is 1650. The van der Waals surface area contributed by atoms with Crippen LogP contribution in [0.1, 0.15) is 51.6 Å². The number of fused-ring (bicyclic) bond motifs is 1. The highest BCUT2D eigenvalue weighted by Crippen LogP contribution is 2.53. The molecule has 1 aromatic heterocycles. The van der Waals surface area contributed by atoms with Crippen LogP contribution >= 0.6 is 0 Å². The Morgan fingerprint density at radius 2 is 1.76 bits per heavy atom. The number of ether oxygens (including phenoxy) is 1. The van der Waals surface area contributed by atoms with E-state index in [1.165, 1.54) is 27.8 Å². The summed E-state index contributed by atoms with van der Waals surface area (Å²) in [7, 11) is 0. The van der Waals surface area contributed by atoms with E-state index >= 15 is 0 Å². The molecule has 2 aromatic carbocycles. The summed E-state index contributed by atoms with van der Waals surface area (Å²) >= 11 is 0. The normalized spacial score (nSPS) is 21.1. The lowest BCUT2D eigenvalue weighted by Crippen LogP contribution is -2.54. The first-order valence-electron chi connectivity index (χ1n) is 14.3. The van der Waals surface area contributed by atoms with Crippen LogP contribution < -0.4 is 5.32 Å². The van der Waals surface area contributed by atoms with Gasteiger partial charge in [-0.1, -0.05) is 42.5 Å². The molecule has 0 radical (unpaired) electrons. The van der Waals surface area contributed by atoms with Gasteiger partial charge in [-0.05, 0) is 48.6 Å². The van der Waals surface area contributed by atoms with Gasteiger partial charge in [0.05, 0.1) is 34.9 Å². The third-order valence-electron chi connectivity index (χ3n) is 8.76. The van der Waals surface area contributed by atoms with Gasteiger partial charge in [-0.15, -0.1) is 0 Å². The van der Waals surface area contributed by atoms with Crippen molar-refractivity contribution in [3.63, 3.8) is 0 Å². The number of halogens is 3. The van der Waals surface area contributed by atoms with Gasteiger partial charge in [-0.3, -0.25) is 14.6 Å². The molecule has 236 valence electrons. The molecule has 11 nitrogen and oxygen atoms in total. The van der Waals surface area contributed by atoms with Gasteiger partial charge in [0.15, 0.2) is 6.04 Å². The molecule has 3 aromatic rings. The molecule has 1 unspecified atom stereocenters. The molecule has 0 spiro atoms. The molecule has 0 bridgehead atoms. The number of carboxylic acid groups (broad SMARTS) is 2. The van der Waals surface area contributed by atoms with E-state index < -0.39 is 59.5 Å². The average molecular weight is 627 g/mol. The summed E-state index contributed by atoms with van der Waals surface area (Å²) < 4.78 is 47.7. The number of hydrogen-bond acceptors (Lipinski definition) is 5. The van der Waals surface area contributed by atoms with Crippen molar-refractivity contribution in [1.29, 1.82) is 0 Å². The number of hydrogen-bond donors (Lipinski definition) is 3. The van der Waals surface area contributed by atoms with Crippen molar-refractivity contribution in [2.45, 2.75) is 55.7 Å². The van der Waals surface area contributed by atoms with Crippen molar-refractivity contribution in [1.82, 2.24) is 19.7 Å². The molecule has 3 heterocycles.